The van der Waals surface area contributed by atoms with Gasteiger partial charge in [0.25, 0.3) is 0 Å². The van der Waals surface area contributed by atoms with E-state index in [0.29, 0.717) is 0 Å². The van der Waals surface area contributed by atoms with Crippen molar-refractivity contribution in [3.05, 3.63) is 0 Å². The molecule has 0 aromatic rings. The third kappa shape index (κ3) is 2.14. The summed E-state index contributed by atoms with van der Waals surface area (Å²) in [6.07, 6.45) is -4.20. The van der Waals surface area contributed by atoms with Crippen LogP contribution in [0.3, 0.4) is 0 Å². The van der Waals surface area contributed by atoms with Crippen molar-refractivity contribution in [2.75, 3.05) is 14.1 Å². The molecule has 0 heterocycles. The molecule has 0 spiro atoms. The van der Waals surface area contributed by atoms with Gasteiger partial charge in [0.2, 0.25) is 5.91 Å². The van der Waals surface area contributed by atoms with E-state index in [-0.39, 0.29) is 18.7 Å². The van der Waals surface area contributed by atoms with Gasteiger partial charge in [0, 0.05) is 20.0 Å². The summed E-state index contributed by atoms with van der Waals surface area (Å²) in [5.74, 6) is -1.87. The number of rotatable bonds is 1. The van der Waals surface area contributed by atoms with Gasteiger partial charge in [0.05, 0.1) is 5.92 Å². The van der Waals surface area contributed by atoms with Crippen LogP contribution in [0.25, 0.3) is 0 Å². The van der Waals surface area contributed by atoms with E-state index in [4.69, 9.17) is 0 Å². The van der Waals surface area contributed by atoms with Gasteiger partial charge >= 0.3 is 6.18 Å². The van der Waals surface area contributed by atoms with Gasteiger partial charge in [-0.25, -0.2) is 0 Å². The molecule has 0 radical (unpaired) electrons. The van der Waals surface area contributed by atoms with E-state index in [1.54, 1.807) is 14.1 Å². The molecular formula is C8H12F3NO. The van der Waals surface area contributed by atoms with Crippen molar-refractivity contribution in [3.8, 4) is 0 Å². The first-order chi connectivity index (χ1) is 5.82. The van der Waals surface area contributed by atoms with Gasteiger partial charge in [-0.1, -0.05) is 0 Å². The molecule has 0 aromatic heterocycles. The largest absolute Gasteiger partial charge is 0.391 e. The highest BCUT2D eigenvalue weighted by Gasteiger charge is 2.50. The molecule has 0 bridgehead atoms. The van der Waals surface area contributed by atoms with Crippen LogP contribution >= 0.6 is 0 Å². The second-order valence-corrected chi connectivity index (χ2v) is 3.64. The van der Waals surface area contributed by atoms with Crippen molar-refractivity contribution >= 4 is 5.91 Å². The first-order valence-electron chi connectivity index (χ1n) is 4.10. The van der Waals surface area contributed by atoms with Crippen LogP contribution in [0.4, 0.5) is 13.2 Å². The molecule has 0 saturated heterocycles. The van der Waals surface area contributed by atoms with Crippen molar-refractivity contribution in [3.63, 3.8) is 0 Å². The summed E-state index contributed by atoms with van der Waals surface area (Å²) in [4.78, 5) is 12.5. The molecule has 1 aliphatic carbocycles. The number of halogens is 3. The van der Waals surface area contributed by atoms with Gasteiger partial charge in [0.15, 0.2) is 0 Å². The number of carbonyl (C=O) groups excluding carboxylic acids is 1. The zero-order valence-electron chi connectivity index (χ0n) is 7.56. The lowest BCUT2D eigenvalue weighted by molar-refractivity contribution is -0.206. The molecule has 76 valence electrons. The fourth-order valence-electron chi connectivity index (χ4n) is 1.45. The molecule has 1 aliphatic rings. The topological polar surface area (TPSA) is 20.3 Å². The summed E-state index contributed by atoms with van der Waals surface area (Å²) < 4.78 is 36.0. The van der Waals surface area contributed by atoms with Crippen molar-refractivity contribution in [1.82, 2.24) is 4.90 Å². The lowest BCUT2D eigenvalue weighted by Gasteiger charge is -2.36. The second-order valence-electron chi connectivity index (χ2n) is 3.64. The molecule has 5 heteroatoms. The predicted octanol–water partition coefficient (Wildman–Crippen LogP) is 1.66. The van der Waals surface area contributed by atoms with E-state index >= 15 is 0 Å². The van der Waals surface area contributed by atoms with E-state index in [1.165, 1.54) is 4.90 Å². The van der Waals surface area contributed by atoms with Gasteiger partial charge in [-0.2, -0.15) is 13.2 Å². The van der Waals surface area contributed by atoms with E-state index < -0.39 is 18.0 Å². The third-order valence-electron chi connectivity index (χ3n) is 2.39. The molecule has 0 aliphatic heterocycles. The minimum absolute atomic E-state index is 0.0412. The van der Waals surface area contributed by atoms with E-state index in [9.17, 15) is 18.0 Å². The van der Waals surface area contributed by atoms with Crippen LogP contribution in [0.5, 0.6) is 0 Å². The SMILES string of the molecule is CN(C)C(=O)C1CC(C(F)(F)F)C1. The Morgan fingerprint density at radius 1 is 1.31 bits per heavy atom. The normalized spacial score (nSPS) is 28.1. The first-order valence-corrected chi connectivity index (χ1v) is 4.10. The van der Waals surface area contributed by atoms with Crippen LogP contribution in [-0.4, -0.2) is 31.1 Å². The molecule has 1 rings (SSSR count). The van der Waals surface area contributed by atoms with Crippen molar-refractivity contribution < 1.29 is 18.0 Å². The quantitative estimate of drug-likeness (QED) is 0.623. The molecule has 1 amide bonds. The van der Waals surface area contributed by atoms with E-state index in [1.807, 2.05) is 0 Å². The zero-order chi connectivity index (χ0) is 10.2. The highest BCUT2D eigenvalue weighted by Crippen LogP contribution is 2.45. The minimum Gasteiger partial charge on any atom is -0.349 e. The van der Waals surface area contributed by atoms with Crippen LogP contribution in [0, 0.1) is 11.8 Å². The van der Waals surface area contributed by atoms with Crippen LogP contribution in [0.15, 0.2) is 0 Å². The summed E-state index contributed by atoms with van der Waals surface area (Å²) in [5.41, 5.74) is 0. The Bertz CT molecular complexity index is 206. The highest BCUT2D eigenvalue weighted by molar-refractivity contribution is 5.79. The average molecular weight is 195 g/mol. The van der Waals surface area contributed by atoms with Gasteiger partial charge in [0.1, 0.15) is 0 Å². The van der Waals surface area contributed by atoms with Gasteiger partial charge in [-0.15, -0.1) is 0 Å². The van der Waals surface area contributed by atoms with Gasteiger partial charge < -0.3 is 4.90 Å². The number of amides is 1. The zero-order valence-corrected chi connectivity index (χ0v) is 7.56. The van der Waals surface area contributed by atoms with Crippen LogP contribution < -0.4 is 0 Å². The average Bonchev–Trinajstić information content (AvgIpc) is 1.79. The summed E-state index contributed by atoms with van der Waals surface area (Å²) in [6, 6.07) is 0. The lowest BCUT2D eigenvalue weighted by atomic mass is 9.74. The van der Waals surface area contributed by atoms with Gasteiger partial charge in [-0.3, -0.25) is 4.79 Å². The molecule has 0 N–H and O–H groups in total. The fourth-order valence-corrected chi connectivity index (χ4v) is 1.45. The summed E-state index contributed by atoms with van der Waals surface area (Å²) in [5, 5.41) is 0. The smallest absolute Gasteiger partial charge is 0.349 e. The minimum atomic E-state index is -4.12. The van der Waals surface area contributed by atoms with E-state index in [0.717, 1.165) is 0 Å². The molecule has 1 fully saturated rings. The summed E-state index contributed by atoms with van der Waals surface area (Å²) in [6.45, 7) is 0. The Balaban J connectivity index is 2.38. The van der Waals surface area contributed by atoms with Gasteiger partial charge in [-0.05, 0) is 12.8 Å². The Morgan fingerprint density at radius 2 is 1.77 bits per heavy atom. The predicted molar refractivity (Wildman–Crippen MR) is 41.0 cm³/mol. The van der Waals surface area contributed by atoms with Crippen molar-refractivity contribution in [2.45, 2.75) is 19.0 Å². The van der Waals surface area contributed by atoms with Crippen molar-refractivity contribution in [1.29, 1.82) is 0 Å². The Morgan fingerprint density at radius 3 is 2.08 bits per heavy atom. The molecule has 13 heavy (non-hydrogen) atoms. The fraction of sp³-hybridized carbons (Fsp3) is 0.875. The molecule has 0 atom stereocenters. The standard InChI is InChI=1S/C8H12F3NO/c1-12(2)7(13)5-3-6(4-5)8(9,10)11/h5-6H,3-4H2,1-2H3. The maximum absolute atomic E-state index is 12.0. The number of carbonyl (C=O) groups is 1. The Hall–Kier alpha value is -0.740. The van der Waals surface area contributed by atoms with Crippen molar-refractivity contribution in [2.24, 2.45) is 11.8 Å². The first kappa shape index (κ1) is 10.3. The second kappa shape index (κ2) is 3.20. The molecular weight excluding hydrogens is 183 g/mol. The lowest BCUT2D eigenvalue weighted by Crippen LogP contribution is -2.43. The van der Waals surface area contributed by atoms with Crippen LogP contribution in [-0.2, 0) is 4.79 Å². The van der Waals surface area contributed by atoms with Crippen LogP contribution in [0.1, 0.15) is 12.8 Å². The highest BCUT2D eigenvalue weighted by atomic mass is 19.4. The molecule has 0 aromatic carbocycles. The van der Waals surface area contributed by atoms with E-state index in [2.05, 4.69) is 0 Å². The Labute approximate surface area is 74.7 Å². The molecule has 2 nitrogen and oxygen atoms in total. The number of nitrogens with zero attached hydrogens (tertiary/aromatic N) is 1. The number of hydrogen-bond acceptors (Lipinski definition) is 1. The molecule has 0 unspecified atom stereocenters. The monoisotopic (exact) mass is 195 g/mol. The van der Waals surface area contributed by atoms with Crippen LogP contribution in [0.2, 0.25) is 0 Å². The maximum atomic E-state index is 12.0. The summed E-state index contributed by atoms with van der Waals surface area (Å²) in [7, 11) is 3.12. The number of hydrogen-bond donors (Lipinski definition) is 0. The third-order valence-corrected chi connectivity index (χ3v) is 2.39. The number of alkyl halides is 3. The molecule has 1 saturated carbocycles. The Kier molecular flexibility index (Phi) is 2.54. The maximum Gasteiger partial charge on any atom is 0.391 e. The summed E-state index contributed by atoms with van der Waals surface area (Å²) >= 11 is 0.